The number of aromatic nitrogens is 1. The number of carbonyl (C=O) groups excluding carboxylic acids is 2. The fourth-order valence-corrected chi connectivity index (χ4v) is 1.69. The number of hydrogen-bond acceptors (Lipinski definition) is 4. The van der Waals surface area contributed by atoms with Crippen molar-refractivity contribution < 1.29 is 19.1 Å². The Hall–Kier alpha value is -1.78. The Balaban J connectivity index is 2.96. The summed E-state index contributed by atoms with van der Waals surface area (Å²) in [5.74, 6) is -0.708. The van der Waals surface area contributed by atoms with Gasteiger partial charge in [-0.05, 0) is 31.4 Å². The lowest BCUT2D eigenvalue weighted by Crippen LogP contribution is -2.08. The quantitative estimate of drug-likeness (QED) is 0.809. The van der Waals surface area contributed by atoms with Gasteiger partial charge < -0.3 is 14.5 Å². The molecule has 0 bridgehead atoms. The molecule has 17 heavy (non-hydrogen) atoms. The van der Waals surface area contributed by atoms with Crippen LogP contribution >= 0.6 is 0 Å². The van der Waals surface area contributed by atoms with Crippen LogP contribution in [0.5, 0.6) is 0 Å². The smallest absolute Gasteiger partial charge is 0.354 e. The van der Waals surface area contributed by atoms with Crippen molar-refractivity contribution in [2.24, 2.45) is 0 Å². The van der Waals surface area contributed by atoms with Gasteiger partial charge in [0.25, 0.3) is 0 Å². The molecule has 0 spiro atoms. The Morgan fingerprint density at radius 2 is 1.82 bits per heavy atom. The van der Waals surface area contributed by atoms with Gasteiger partial charge in [0.2, 0.25) is 0 Å². The zero-order chi connectivity index (χ0) is 13.0. The molecule has 0 aliphatic heterocycles. The van der Waals surface area contributed by atoms with Gasteiger partial charge in [-0.2, -0.15) is 0 Å². The average molecular weight is 239 g/mol. The van der Waals surface area contributed by atoms with Gasteiger partial charge >= 0.3 is 11.9 Å². The molecule has 5 nitrogen and oxygen atoms in total. The minimum Gasteiger partial charge on any atom is -0.469 e. The number of esters is 2. The molecule has 0 aliphatic rings. The molecule has 1 aromatic rings. The van der Waals surface area contributed by atoms with Gasteiger partial charge in [0, 0.05) is 12.1 Å². The monoisotopic (exact) mass is 239 g/mol. The predicted octanol–water partition coefficient (Wildman–Crippen LogP) is 1.52. The highest BCUT2D eigenvalue weighted by Crippen LogP contribution is 2.20. The summed E-state index contributed by atoms with van der Waals surface area (Å²) in [5.41, 5.74) is 3.13. The van der Waals surface area contributed by atoms with Gasteiger partial charge in [0.15, 0.2) is 0 Å². The molecule has 0 unspecified atom stereocenters. The number of hydrogen-bond donors (Lipinski definition) is 1. The van der Waals surface area contributed by atoms with Crippen molar-refractivity contribution in [2.75, 3.05) is 14.2 Å². The minimum absolute atomic E-state index is 0.249. The van der Waals surface area contributed by atoms with E-state index in [4.69, 9.17) is 4.74 Å². The van der Waals surface area contributed by atoms with Crippen LogP contribution in [-0.2, 0) is 20.7 Å². The standard InChI is InChI=1S/C12H17NO4/c1-7-8(2)13-11(12(15)17-4)9(7)5-6-10(14)16-3/h13H,5-6H2,1-4H3. The zero-order valence-electron chi connectivity index (χ0n) is 10.5. The van der Waals surface area contributed by atoms with Crippen molar-refractivity contribution in [3.63, 3.8) is 0 Å². The highest BCUT2D eigenvalue weighted by Gasteiger charge is 2.19. The predicted molar refractivity (Wildman–Crippen MR) is 61.9 cm³/mol. The third-order valence-corrected chi connectivity index (χ3v) is 2.83. The van der Waals surface area contributed by atoms with Crippen LogP contribution in [0.1, 0.15) is 33.7 Å². The van der Waals surface area contributed by atoms with Crippen LogP contribution in [-0.4, -0.2) is 31.1 Å². The fourth-order valence-electron chi connectivity index (χ4n) is 1.69. The number of aryl methyl sites for hydroxylation is 1. The highest BCUT2D eigenvalue weighted by molar-refractivity contribution is 5.90. The Bertz CT molecular complexity index is 434. The van der Waals surface area contributed by atoms with Gasteiger partial charge in [-0.3, -0.25) is 4.79 Å². The molecule has 1 N–H and O–H groups in total. The Morgan fingerprint density at radius 3 is 2.35 bits per heavy atom. The van der Waals surface area contributed by atoms with Crippen LogP contribution in [0, 0.1) is 13.8 Å². The van der Waals surface area contributed by atoms with Crippen molar-refractivity contribution in [3.05, 3.63) is 22.5 Å². The molecule has 0 atom stereocenters. The van der Waals surface area contributed by atoms with Crippen molar-refractivity contribution in [1.82, 2.24) is 4.98 Å². The van der Waals surface area contributed by atoms with Crippen molar-refractivity contribution >= 4 is 11.9 Å². The van der Waals surface area contributed by atoms with Crippen LogP contribution < -0.4 is 0 Å². The van der Waals surface area contributed by atoms with Gasteiger partial charge in [0.05, 0.1) is 14.2 Å². The average Bonchev–Trinajstić information content (AvgIpc) is 2.62. The van der Waals surface area contributed by atoms with E-state index in [0.29, 0.717) is 12.1 Å². The molecule has 5 heteroatoms. The topological polar surface area (TPSA) is 68.4 Å². The first-order chi connectivity index (χ1) is 8.01. The molecule has 94 valence electrons. The molecule has 0 amide bonds. The van der Waals surface area contributed by atoms with E-state index in [9.17, 15) is 9.59 Å². The van der Waals surface area contributed by atoms with Crippen molar-refractivity contribution in [2.45, 2.75) is 26.7 Å². The number of methoxy groups -OCH3 is 2. The fraction of sp³-hybridized carbons (Fsp3) is 0.500. The number of nitrogens with one attached hydrogen (secondary N) is 1. The zero-order valence-corrected chi connectivity index (χ0v) is 10.5. The summed E-state index contributed by atoms with van der Waals surface area (Å²) in [5, 5.41) is 0. The maximum atomic E-state index is 11.5. The summed E-state index contributed by atoms with van der Waals surface area (Å²) in [4.78, 5) is 25.6. The molecule has 0 aliphatic carbocycles. The molecule has 1 rings (SSSR count). The second-order valence-electron chi connectivity index (χ2n) is 3.80. The molecule has 0 radical (unpaired) electrons. The number of H-pyrrole nitrogens is 1. The van der Waals surface area contributed by atoms with Crippen LogP contribution in [0.15, 0.2) is 0 Å². The maximum Gasteiger partial charge on any atom is 0.354 e. The number of carbonyl (C=O) groups is 2. The van der Waals surface area contributed by atoms with Crippen LogP contribution in [0.4, 0.5) is 0 Å². The highest BCUT2D eigenvalue weighted by atomic mass is 16.5. The molecule has 0 aromatic carbocycles. The summed E-state index contributed by atoms with van der Waals surface area (Å²) in [6.45, 7) is 3.79. The maximum absolute atomic E-state index is 11.5. The first-order valence-corrected chi connectivity index (χ1v) is 5.34. The normalized spacial score (nSPS) is 10.1. The largest absolute Gasteiger partial charge is 0.469 e. The third kappa shape index (κ3) is 2.87. The van der Waals surface area contributed by atoms with Gasteiger partial charge in [-0.15, -0.1) is 0 Å². The minimum atomic E-state index is -0.416. The van der Waals surface area contributed by atoms with Gasteiger partial charge in [-0.1, -0.05) is 0 Å². The van der Waals surface area contributed by atoms with E-state index in [1.165, 1.54) is 14.2 Å². The third-order valence-electron chi connectivity index (χ3n) is 2.83. The molecule has 1 heterocycles. The summed E-state index contributed by atoms with van der Waals surface area (Å²) < 4.78 is 9.27. The molecular formula is C12H17NO4. The SMILES string of the molecule is COC(=O)CCc1c(C(=O)OC)[nH]c(C)c1C. The second kappa shape index (κ2) is 5.52. The van der Waals surface area contributed by atoms with E-state index < -0.39 is 5.97 Å². The lowest BCUT2D eigenvalue weighted by Gasteiger charge is -2.03. The molecule has 0 saturated heterocycles. The van der Waals surface area contributed by atoms with Gasteiger partial charge in [-0.25, -0.2) is 4.79 Å². The van der Waals surface area contributed by atoms with E-state index in [0.717, 1.165) is 16.8 Å². The van der Waals surface area contributed by atoms with Gasteiger partial charge in [0.1, 0.15) is 5.69 Å². The lowest BCUT2D eigenvalue weighted by molar-refractivity contribution is -0.140. The Kier molecular flexibility index (Phi) is 4.31. The summed E-state index contributed by atoms with van der Waals surface area (Å²) in [6.07, 6.45) is 0.714. The second-order valence-corrected chi connectivity index (χ2v) is 3.80. The first-order valence-electron chi connectivity index (χ1n) is 5.34. The first kappa shape index (κ1) is 13.3. The molecule has 0 fully saturated rings. The van der Waals surface area contributed by atoms with E-state index in [-0.39, 0.29) is 12.4 Å². The number of aromatic amines is 1. The Morgan fingerprint density at radius 1 is 1.18 bits per heavy atom. The van der Waals surface area contributed by atoms with Crippen LogP contribution in [0.3, 0.4) is 0 Å². The summed E-state index contributed by atoms with van der Waals surface area (Å²) in [6, 6.07) is 0. The number of rotatable bonds is 4. The summed E-state index contributed by atoms with van der Waals surface area (Å²) in [7, 11) is 2.68. The van der Waals surface area contributed by atoms with E-state index in [1.807, 2.05) is 13.8 Å². The number of ether oxygens (including phenoxy) is 2. The molecule has 0 saturated carbocycles. The lowest BCUT2D eigenvalue weighted by atomic mass is 10.0. The van der Waals surface area contributed by atoms with E-state index in [2.05, 4.69) is 9.72 Å². The summed E-state index contributed by atoms with van der Waals surface area (Å²) >= 11 is 0. The molecular weight excluding hydrogens is 222 g/mol. The van der Waals surface area contributed by atoms with Crippen molar-refractivity contribution in [3.8, 4) is 0 Å². The van der Waals surface area contributed by atoms with Crippen LogP contribution in [0.2, 0.25) is 0 Å². The van der Waals surface area contributed by atoms with Crippen LogP contribution in [0.25, 0.3) is 0 Å². The Labute approximate surface area is 100 Å². The van der Waals surface area contributed by atoms with Crippen molar-refractivity contribution in [1.29, 1.82) is 0 Å². The van der Waals surface area contributed by atoms with E-state index in [1.54, 1.807) is 0 Å². The van der Waals surface area contributed by atoms with E-state index >= 15 is 0 Å². The molecule has 1 aromatic heterocycles.